The highest BCUT2D eigenvalue weighted by Crippen LogP contribution is 2.40. The number of thiazole rings is 1. The molecule has 0 saturated carbocycles. The van der Waals surface area contributed by atoms with Crippen LogP contribution in [0.2, 0.25) is 0 Å². The van der Waals surface area contributed by atoms with E-state index in [1.807, 2.05) is 34.5 Å². The first-order valence-corrected chi connectivity index (χ1v) is 14.5. The van der Waals surface area contributed by atoms with Gasteiger partial charge in [0.1, 0.15) is 17.1 Å². The fourth-order valence-corrected chi connectivity index (χ4v) is 6.72. The maximum atomic E-state index is 13.2. The van der Waals surface area contributed by atoms with Crippen LogP contribution in [0.1, 0.15) is 19.5 Å². The van der Waals surface area contributed by atoms with Gasteiger partial charge in [-0.05, 0) is 25.3 Å². The van der Waals surface area contributed by atoms with Gasteiger partial charge in [0.15, 0.2) is 29.8 Å². The Morgan fingerprint density at radius 3 is 2.80 bits per heavy atom. The van der Waals surface area contributed by atoms with Crippen molar-refractivity contribution in [3.8, 4) is 0 Å². The molecule has 2 aliphatic heterocycles. The summed E-state index contributed by atoms with van der Waals surface area (Å²) in [7, 11) is 0. The zero-order valence-corrected chi connectivity index (χ0v) is 23.5. The number of hydrogen-bond donors (Lipinski definition) is 3. The van der Waals surface area contributed by atoms with E-state index in [-0.39, 0.29) is 34.5 Å². The monoisotopic (exact) mass is 602 g/mol. The van der Waals surface area contributed by atoms with Gasteiger partial charge in [-0.1, -0.05) is 5.16 Å². The minimum Gasteiger partial charge on any atom is -0.543 e. The number of fused-ring (bicyclic) bond motifs is 2. The number of oxime groups is 1. The molecule has 4 N–H and O–H groups in total. The van der Waals surface area contributed by atoms with Crippen LogP contribution in [-0.2, 0) is 30.6 Å². The van der Waals surface area contributed by atoms with Crippen LogP contribution in [0.25, 0.3) is 10.1 Å². The lowest BCUT2D eigenvalue weighted by Gasteiger charge is -2.50. The molecule has 0 radical (unpaired) electrons. The molecule has 2 atom stereocenters. The van der Waals surface area contributed by atoms with E-state index in [0.29, 0.717) is 5.57 Å². The molecule has 1 unspecified atom stereocenters. The van der Waals surface area contributed by atoms with Gasteiger partial charge >= 0.3 is 5.97 Å². The number of carbonyl (C=O) groups is 4. The lowest BCUT2D eigenvalue weighted by atomic mass is 10.0. The second-order valence-corrected chi connectivity index (χ2v) is 12.3. The molecular formula is C24H22N6O7S3. The number of nitrogens with zero attached hydrogens (tertiary/aromatic N) is 4. The number of aliphatic carboxylic acids is 2. The van der Waals surface area contributed by atoms with Crippen LogP contribution in [0.3, 0.4) is 0 Å². The number of nitrogen functional groups attached to an aromatic ring is 1. The maximum absolute atomic E-state index is 13.2. The summed E-state index contributed by atoms with van der Waals surface area (Å²) in [6, 6.07) is 2.83. The molecule has 0 aliphatic carbocycles. The summed E-state index contributed by atoms with van der Waals surface area (Å²) in [6.45, 7) is 2.74. The fraction of sp³-hybridized carbons (Fsp3) is 0.292. The largest absolute Gasteiger partial charge is 0.543 e. The summed E-state index contributed by atoms with van der Waals surface area (Å²) in [5.41, 5.74) is 3.85. The SMILES string of the molecule is CC(C)(ON=C(C(=O)NC1C(=O)N2C(C(=O)[O-])=C(C[n+]3ccc4sccc4c3)CS[C@H]12)c1csc(N)n1)C(=O)O. The molecule has 5 rings (SSSR count). The van der Waals surface area contributed by atoms with Gasteiger partial charge in [0.25, 0.3) is 11.8 Å². The van der Waals surface area contributed by atoms with E-state index in [9.17, 15) is 29.4 Å². The Morgan fingerprint density at radius 1 is 1.35 bits per heavy atom. The number of nitrogens with two attached hydrogens (primary N) is 1. The summed E-state index contributed by atoms with van der Waals surface area (Å²) in [6.07, 6.45) is 3.75. The van der Waals surface area contributed by atoms with Crippen LogP contribution in [0, 0.1) is 0 Å². The van der Waals surface area contributed by atoms with Gasteiger partial charge in [0.2, 0.25) is 5.60 Å². The Balaban J connectivity index is 1.36. The zero-order valence-electron chi connectivity index (χ0n) is 21.0. The first-order valence-electron chi connectivity index (χ1n) is 11.7. The number of carbonyl (C=O) groups excluding carboxylic acids is 3. The van der Waals surface area contributed by atoms with Gasteiger partial charge < -0.3 is 30.9 Å². The smallest absolute Gasteiger partial charge is 0.350 e. The first-order chi connectivity index (χ1) is 19.0. The number of anilines is 1. The van der Waals surface area contributed by atoms with E-state index in [2.05, 4.69) is 15.5 Å². The lowest BCUT2D eigenvalue weighted by molar-refractivity contribution is -0.687. The van der Waals surface area contributed by atoms with Gasteiger partial charge in [-0.3, -0.25) is 14.5 Å². The molecule has 5 heterocycles. The molecule has 16 heteroatoms. The number of carboxylic acid groups (broad SMARTS) is 2. The number of hydrogen-bond acceptors (Lipinski definition) is 12. The average molecular weight is 603 g/mol. The third-order valence-corrected chi connectivity index (χ3v) is 9.12. The Labute approximate surface area is 238 Å². The molecule has 0 bridgehead atoms. The molecule has 13 nitrogen and oxygen atoms in total. The van der Waals surface area contributed by atoms with Crippen LogP contribution < -0.4 is 20.7 Å². The number of thioether (sulfide) groups is 1. The second kappa shape index (κ2) is 10.5. The highest BCUT2D eigenvalue weighted by Gasteiger charge is 2.53. The van der Waals surface area contributed by atoms with E-state index in [1.54, 1.807) is 11.3 Å². The summed E-state index contributed by atoms with van der Waals surface area (Å²) in [5.74, 6) is -4.01. The Bertz CT molecular complexity index is 1610. The van der Waals surface area contributed by atoms with Gasteiger partial charge in [0, 0.05) is 27.5 Å². The Kier molecular flexibility index (Phi) is 7.24. The van der Waals surface area contributed by atoms with E-state index < -0.39 is 40.8 Å². The van der Waals surface area contributed by atoms with Crippen LogP contribution in [0.4, 0.5) is 5.13 Å². The molecule has 2 amide bonds. The van der Waals surface area contributed by atoms with Crippen molar-refractivity contribution < 1.29 is 38.8 Å². The molecular weight excluding hydrogens is 581 g/mol. The van der Waals surface area contributed by atoms with Crippen molar-refractivity contribution in [2.75, 3.05) is 11.5 Å². The van der Waals surface area contributed by atoms with Crippen LogP contribution >= 0.6 is 34.4 Å². The molecule has 2 aliphatic rings. The Morgan fingerprint density at radius 2 is 2.12 bits per heavy atom. The minimum atomic E-state index is -1.76. The number of thiophene rings is 1. The molecule has 0 aromatic carbocycles. The molecule has 1 fully saturated rings. The molecule has 3 aromatic heterocycles. The molecule has 1 saturated heterocycles. The van der Waals surface area contributed by atoms with Gasteiger partial charge in [-0.25, -0.2) is 14.3 Å². The second-order valence-electron chi connectivity index (χ2n) is 9.38. The van der Waals surface area contributed by atoms with Crippen molar-refractivity contribution in [1.29, 1.82) is 0 Å². The van der Waals surface area contributed by atoms with E-state index in [4.69, 9.17) is 10.6 Å². The van der Waals surface area contributed by atoms with E-state index >= 15 is 0 Å². The quantitative estimate of drug-likeness (QED) is 0.129. The van der Waals surface area contributed by atoms with Crippen LogP contribution in [0.5, 0.6) is 0 Å². The van der Waals surface area contributed by atoms with Gasteiger partial charge in [0.05, 0.1) is 17.1 Å². The lowest BCUT2D eigenvalue weighted by Crippen LogP contribution is -2.71. The number of carboxylic acids is 2. The van der Waals surface area contributed by atoms with Crippen molar-refractivity contribution in [3.63, 3.8) is 0 Å². The zero-order chi connectivity index (χ0) is 28.8. The van der Waals surface area contributed by atoms with E-state index in [1.165, 1.54) is 31.0 Å². The molecule has 40 heavy (non-hydrogen) atoms. The highest BCUT2D eigenvalue weighted by atomic mass is 32.2. The van der Waals surface area contributed by atoms with Crippen LogP contribution in [-0.4, -0.2) is 67.2 Å². The first kappa shape index (κ1) is 27.5. The van der Waals surface area contributed by atoms with Crippen molar-refractivity contribution >= 4 is 79.1 Å². The third kappa shape index (κ3) is 5.12. The summed E-state index contributed by atoms with van der Waals surface area (Å²) >= 11 is 3.93. The summed E-state index contributed by atoms with van der Waals surface area (Å²) < 4.78 is 2.94. The predicted octanol–water partition coefficient (Wildman–Crippen LogP) is -0.0845. The molecule has 0 spiro atoms. The van der Waals surface area contributed by atoms with Crippen molar-refractivity contribution in [3.05, 3.63) is 52.3 Å². The van der Waals surface area contributed by atoms with Gasteiger partial charge in [-0.2, -0.15) is 0 Å². The number of pyridine rings is 1. The number of amides is 2. The fourth-order valence-electron chi connectivity index (χ4n) is 4.08. The Hall–Kier alpha value is -4.02. The number of β-lactam (4-membered cyclic amide) rings is 1. The van der Waals surface area contributed by atoms with Crippen molar-refractivity contribution in [2.45, 2.75) is 37.4 Å². The predicted molar refractivity (Wildman–Crippen MR) is 145 cm³/mol. The number of rotatable bonds is 9. The van der Waals surface area contributed by atoms with Crippen molar-refractivity contribution in [2.24, 2.45) is 5.16 Å². The highest BCUT2D eigenvalue weighted by molar-refractivity contribution is 8.00. The number of aromatic nitrogens is 2. The third-order valence-electron chi connectivity index (χ3n) is 6.21. The standard InChI is InChI=1S/C24H22N6O7S3/c1-24(2,22(35)36)37-28-15(13-10-40-23(25)26-13)18(31)27-16-19(32)30-17(21(33)34)12(9-39-20(16)30)8-29-5-3-14-11(7-29)4-6-38-14/h3-7,10,16,20H,8-9H2,1-2H3,(H4-,25,26,27,31,33,34,35,36)/t16?,20-/m1/s1. The molecule has 208 valence electrons. The van der Waals surface area contributed by atoms with E-state index in [0.717, 1.165) is 26.3 Å². The normalized spacial score (nSPS) is 19.3. The maximum Gasteiger partial charge on any atom is 0.350 e. The topological polar surface area (TPSA) is 191 Å². The van der Waals surface area contributed by atoms with Gasteiger partial charge in [-0.15, -0.1) is 34.4 Å². The summed E-state index contributed by atoms with van der Waals surface area (Å²) in [4.78, 5) is 60.1. The average Bonchev–Trinajstić information content (AvgIpc) is 3.55. The van der Waals surface area contributed by atoms with Crippen LogP contribution in [0.15, 0.2) is 51.7 Å². The minimum absolute atomic E-state index is 0.0262. The van der Waals surface area contributed by atoms with Crippen molar-refractivity contribution in [1.82, 2.24) is 15.2 Å². The number of nitrogens with one attached hydrogen (secondary N) is 1. The summed E-state index contributed by atoms with van der Waals surface area (Å²) in [5, 5.41) is 31.6. The molecule has 3 aromatic rings.